The Bertz CT molecular complexity index is 1100. The Labute approximate surface area is 282 Å². The maximum absolute atomic E-state index is 10.3. The summed E-state index contributed by atoms with van der Waals surface area (Å²) in [6.07, 6.45) is 15.8. The first-order chi connectivity index (χ1) is 20.3. The number of fused-ring (bicyclic) bond motifs is 1. The highest BCUT2D eigenvalue weighted by Crippen LogP contribution is 2.60. The standard InChI is InChI=1S/C40H74O3Si2/c1-28(19-17-25-39(10,11)41)33-23-24-34-31(20-18-26-40(33,34)12)21-22-32-27-35(42-44(13,14)37(4,5)6)30(3)36(29(32)2)43-45(15,16)38(7,8)9/h21-22,28,30,33-36,41H,2,17-20,23-27H2,1,3-16H3/b31-21+,32-22-/t28-,30+,33-,34+,35+,36+,40-/m1/s1. The molecule has 3 fully saturated rings. The van der Waals surface area contributed by atoms with Crippen molar-refractivity contribution in [2.24, 2.45) is 29.1 Å². The van der Waals surface area contributed by atoms with Crippen molar-refractivity contribution in [1.29, 1.82) is 0 Å². The second kappa shape index (κ2) is 13.8. The summed E-state index contributed by atoms with van der Waals surface area (Å²) in [5, 5.41) is 10.6. The van der Waals surface area contributed by atoms with E-state index in [9.17, 15) is 5.11 Å². The highest BCUT2D eigenvalue weighted by molar-refractivity contribution is 6.74. The van der Waals surface area contributed by atoms with Crippen LogP contribution in [0.25, 0.3) is 0 Å². The molecule has 0 aromatic carbocycles. The summed E-state index contributed by atoms with van der Waals surface area (Å²) in [5.41, 5.74) is 4.02. The number of hydrogen-bond acceptors (Lipinski definition) is 3. The molecule has 0 aliphatic heterocycles. The lowest BCUT2D eigenvalue weighted by atomic mass is 9.60. The van der Waals surface area contributed by atoms with Gasteiger partial charge in [0.05, 0.1) is 17.8 Å². The Hall–Kier alpha value is -0.466. The molecule has 3 saturated carbocycles. The Morgan fingerprint density at radius 2 is 1.53 bits per heavy atom. The zero-order chi connectivity index (χ0) is 34.4. The predicted octanol–water partition coefficient (Wildman–Crippen LogP) is 12.0. The molecule has 0 bridgehead atoms. The fourth-order valence-electron chi connectivity index (χ4n) is 8.26. The van der Waals surface area contributed by atoms with Crippen LogP contribution in [0.4, 0.5) is 0 Å². The molecule has 3 nitrogen and oxygen atoms in total. The van der Waals surface area contributed by atoms with Gasteiger partial charge in [-0.1, -0.05) is 99.5 Å². The fourth-order valence-corrected chi connectivity index (χ4v) is 11.0. The first-order valence-electron chi connectivity index (χ1n) is 18.5. The molecule has 0 heterocycles. The fraction of sp³-hybridized carbons (Fsp3) is 0.850. The summed E-state index contributed by atoms with van der Waals surface area (Å²) >= 11 is 0. The van der Waals surface area contributed by atoms with Crippen LogP contribution >= 0.6 is 0 Å². The van der Waals surface area contributed by atoms with E-state index in [2.05, 4.69) is 101 Å². The van der Waals surface area contributed by atoms with Crippen molar-refractivity contribution < 1.29 is 14.0 Å². The molecule has 7 atom stereocenters. The van der Waals surface area contributed by atoms with E-state index < -0.39 is 22.2 Å². The SMILES string of the molecule is C=C1/C(=C\C=C2/CCC[C@]3(C)[C@@H]([C@H](C)CCCC(C)(C)O)CC[C@@H]23)C[C@H](O[Si](C)(C)C(C)(C)C)[C@H](C)[C@H]1O[Si](C)(C)C(C)(C)C. The molecule has 0 amide bonds. The van der Waals surface area contributed by atoms with E-state index in [1.807, 2.05) is 13.8 Å². The van der Waals surface area contributed by atoms with Gasteiger partial charge < -0.3 is 14.0 Å². The third-order valence-electron chi connectivity index (χ3n) is 13.4. The monoisotopic (exact) mass is 659 g/mol. The van der Waals surface area contributed by atoms with Gasteiger partial charge in [0.25, 0.3) is 0 Å². The van der Waals surface area contributed by atoms with Crippen LogP contribution in [0.15, 0.2) is 35.5 Å². The Kier molecular flexibility index (Phi) is 12.0. The minimum atomic E-state index is -2.01. The van der Waals surface area contributed by atoms with Crippen LogP contribution in [0.1, 0.15) is 134 Å². The van der Waals surface area contributed by atoms with E-state index >= 15 is 0 Å². The van der Waals surface area contributed by atoms with Gasteiger partial charge in [-0.15, -0.1) is 0 Å². The molecule has 0 radical (unpaired) electrons. The summed E-state index contributed by atoms with van der Waals surface area (Å²) in [6, 6.07) is 0. The average molecular weight is 659 g/mol. The van der Waals surface area contributed by atoms with Crippen LogP contribution in [0.2, 0.25) is 36.3 Å². The number of rotatable bonds is 10. The molecule has 3 aliphatic rings. The van der Waals surface area contributed by atoms with Crippen LogP contribution < -0.4 is 0 Å². The zero-order valence-electron chi connectivity index (χ0n) is 32.5. The highest BCUT2D eigenvalue weighted by atomic mass is 28.4. The molecule has 0 aromatic rings. The topological polar surface area (TPSA) is 38.7 Å². The average Bonchev–Trinajstić information content (AvgIpc) is 3.23. The molecule has 3 rings (SSSR count). The van der Waals surface area contributed by atoms with Gasteiger partial charge in [-0.2, -0.15) is 0 Å². The van der Waals surface area contributed by atoms with Gasteiger partial charge in [0, 0.05) is 5.92 Å². The third-order valence-corrected chi connectivity index (χ3v) is 22.4. The zero-order valence-corrected chi connectivity index (χ0v) is 34.5. The third kappa shape index (κ3) is 8.96. The van der Waals surface area contributed by atoms with E-state index in [0.717, 1.165) is 25.2 Å². The molecular formula is C40H74O3Si2. The van der Waals surface area contributed by atoms with Gasteiger partial charge >= 0.3 is 0 Å². The lowest BCUT2D eigenvalue weighted by Gasteiger charge is -2.48. The van der Waals surface area contributed by atoms with Crippen molar-refractivity contribution in [1.82, 2.24) is 0 Å². The maximum atomic E-state index is 10.3. The van der Waals surface area contributed by atoms with Gasteiger partial charge in [0.2, 0.25) is 0 Å². The van der Waals surface area contributed by atoms with Crippen molar-refractivity contribution in [2.75, 3.05) is 0 Å². The van der Waals surface area contributed by atoms with Crippen LogP contribution in [-0.4, -0.2) is 39.6 Å². The molecular weight excluding hydrogens is 585 g/mol. The van der Waals surface area contributed by atoms with E-state index in [4.69, 9.17) is 15.4 Å². The molecule has 0 unspecified atom stereocenters. The molecule has 5 heteroatoms. The van der Waals surface area contributed by atoms with E-state index in [1.54, 1.807) is 5.57 Å². The van der Waals surface area contributed by atoms with Crippen LogP contribution in [0.3, 0.4) is 0 Å². The van der Waals surface area contributed by atoms with Crippen molar-refractivity contribution in [3.63, 3.8) is 0 Å². The number of allylic oxidation sites excluding steroid dienone is 3. The smallest absolute Gasteiger partial charge is 0.192 e. The lowest BCUT2D eigenvalue weighted by Crippen LogP contribution is -2.53. The molecule has 3 aliphatic carbocycles. The second-order valence-electron chi connectivity index (χ2n) is 19.5. The van der Waals surface area contributed by atoms with E-state index in [-0.39, 0.29) is 28.2 Å². The molecule has 0 spiro atoms. The second-order valence-corrected chi connectivity index (χ2v) is 29.0. The minimum absolute atomic E-state index is 0.00343. The quantitative estimate of drug-likeness (QED) is 0.237. The number of aliphatic hydroxyl groups is 1. The van der Waals surface area contributed by atoms with Crippen molar-refractivity contribution in [3.05, 3.63) is 35.5 Å². The van der Waals surface area contributed by atoms with Crippen LogP contribution in [0.5, 0.6) is 0 Å². The Balaban J connectivity index is 1.90. The summed E-state index contributed by atoms with van der Waals surface area (Å²) in [7, 11) is -3.98. The predicted molar refractivity (Wildman–Crippen MR) is 201 cm³/mol. The van der Waals surface area contributed by atoms with Gasteiger partial charge in [-0.3, -0.25) is 0 Å². The minimum Gasteiger partial charge on any atom is -0.413 e. The molecule has 0 aromatic heterocycles. The van der Waals surface area contributed by atoms with Crippen molar-refractivity contribution in [2.45, 2.75) is 188 Å². The van der Waals surface area contributed by atoms with E-state index in [1.165, 1.54) is 49.7 Å². The summed E-state index contributed by atoms with van der Waals surface area (Å²) in [6.45, 7) is 39.7. The summed E-state index contributed by atoms with van der Waals surface area (Å²) < 4.78 is 14.4. The Morgan fingerprint density at radius 3 is 2.09 bits per heavy atom. The van der Waals surface area contributed by atoms with Crippen LogP contribution in [-0.2, 0) is 8.85 Å². The Morgan fingerprint density at radius 1 is 0.956 bits per heavy atom. The molecule has 1 N–H and O–H groups in total. The number of hydrogen-bond donors (Lipinski definition) is 1. The normalized spacial score (nSPS) is 33.2. The van der Waals surface area contributed by atoms with Gasteiger partial charge in [-0.05, 0) is 129 Å². The van der Waals surface area contributed by atoms with Crippen LogP contribution in [0, 0.1) is 29.1 Å². The summed E-state index contributed by atoms with van der Waals surface area (Å²) in [5.74, 6) is 2.44. The van der Waals surface area contributed by atoms with Gasteiger partial charge in [0.1, 0.15) is 0 Å². The first-order valence-corrected chi connectivity index (χ1v) is 24.3. The molecule has 260 valence electrons. The summed E-state index contributed by atoms with van der Waals surface area (Å²) in [4.78, 5) is 0. The first kappa shape index (κ1) is 39.0. The van der Waals surface area contributed by atoms with E-state index in [0.29, 0.717) is 17.3 Å². The van der Waals surface area contributed by atoms with Crippen molar-refractivity contribution >= 4 is 16.6 Å². The lowest BCUT2D eigenvalue weighted by molar-refractivity contribution is 0.0406. The molecule has 0 saturated heterocycles. The largest absolute Gasteiger partial charge is 0.413 e. The highest BCUT2D eigenvalue weighted by Gasteiger charge is 2.51. The van der Waals surface area contributed by atoms with Crippen molar-refractivity contribution in [3.8, 4) is 0 Å². The van der Waals surface area contributed by atoms with Gasteiger partial charge in [0.15, 0.2) is 16.6 Å². The molecule has 45 heavy (non-hydrogen) atoms. The maximum Gasteiger partial charge on any atom is 0.192 e. The van der Waals surface area contributed by atoms with Gasteiger partial charge in [-0.25, -0.2) is 0 Å².